The highest BCUT2D eigenvalue weighted by molar-refractivity contribution is 6.36. The van der Waals surface area contributed by atoms with Crippen molar-refractivity contribution in [3.63, 3.8) is 0 Å². The first kappa shape index (κ1) is 21.8. The van der Waals surface area contributed by atoms with Crippen molar-refractivity contribution >= 4 is 22.6 Å². The maximum atomic E-state index is 13.8. The molecular formula is C26H22FN5O2. The van der Waals surface area contributed by atoms with Gasteiger partial charge in [-0.1, -0.05) is 6.07 Å². The summed E-state index contributed by atoms with van der Waals surface area (Å²) < 4.78 is 13.8. The molecule has 1 fully saturated rings. The van der Waals surface area contributed by atoms with Gasteiger partial charge in [0.1, 0.15) is 12.1 Å². The number of hydrogen-bond acceptors (Lipinski definition) is 6. The van der Waals surface area contributed by atoms with Crippen molar-refractivity contribution in [2.45, 2.75) is 25.2 Å². The van der Waals surface area contributed by atoms with Gasteiger partial charge in [0.15, 0.2) is 0 Å². The second kappa shape index (κ2) is 9.43. The lowest BCUT2D eigenvalue weighted by Gasteiger charge is -2.32. The zero-order valence-electron chi connectivity index (χ0n) is 18.4. The molecule has 34 heavy (non-hydrogen) atoms. The number of carbonyl (C=O) groups is 2. The van der Waals surface area contributed by atoms with Crippen molar-refractivity contribution in [2.24, 2.45) is 0 Å². The monoisotopic (exact) mass is 455 g/mol. The van der Waals surface area contributed by atoms with Gasteiger partial charge in [-0.3, -0.25) is 19.6 Å². The van der Waals surface area contributed by atoms with E-state index < -0.39 is 11.7 Å². The lowest BCUT2D eigenvalue weighted by atomic mass is 9.87. The molecule has 0 saturated carbocycles. The molecule has 1 aromatic carbocycles. The Morgan fingerprint density at radius 2 is 1.74 bits per heavy atom. The standard InChI is InChI=1S/C26H22FN5O2/c27-20-2-4-24-23(11-20)22(5-8-30-24)17-6-9-32(10-7-17)26(34)25(33)12-21-3-1-18(15-31-21)19-13-28-16-29-14-19/h1-5,8,11,13-17H,6-7,9-10,12H2. The second-order valence-electron chi connectivity index (χ2n) is 8.39. The van der Waals surface area contributed by atoms with Gasteiger partial charge < -0.3 is 4.90 Å². The van der Waals surface area contributed by atoms with Crippen LogP contribution in [0.1, 0.15) is 30.0 Å². The van der Waals surface area contributed by atoms with Gasteiger partial charge in [0.25, 0.3) is 5.91 Å². The lowest BCUT2D eigenvalue weighted by Crippen LogP contribution is -2.42. The summed E-state index contributed by atoms with van der Waals surface area (Å²) in [6.45, 7) is 0.962. The molecule has 0 spiro atoms. The van der Waals surface area contributed by atoms with E-state index in [-0.39, 0.29) is 18.2 Å². The first-order valence-corrected chi connectivity index (χ1v) is 11.1. The molecule has 5 rings (SSSR count). The molecule has 1 amide bonds. The van der Waals surface area contributed by atoms with Crippen LogP contribution in [0.2, 0.25) is 0 Å². The molecule has 1 saturated heterocycles. The van der Waals surface area contributed by atoms with Crippen LogP contribution in [0.3, 0.4) is 0 Å². The number of fused-ring (bicyclic) bond motifs is 1. The third-order valence-electron chi connectivity index (χ3n) is 6.26. The van der Waals surface area contributed by atoms with Crippen LogP contribution in [-0.2, 0) is 16.0 Å². The Hall–Kier alpha value is -4.07. The summed E-state index contributed by atoms with van der Waals surface area (Å²) in [7, 11) is 0. The third-order valence-corrected chi connectivity index (χ3v) is 6.26. The molecule has 0 unspecified atom stereocenters. The Balaban J connectivity index is 1.21. The van der Waals surface area contributed by atoms with Crippen molar-refractivity contribution in [1.82, 2.24) is 24.8 Å². The predicted octanol–water partition coefficient (Wildman–Crippen LogP) is 3.74. The Morgan fingerprint density at radius 1 is 0.941 bits per heavy atom. The van der Waals surface area contributed by atoms with Crippen LogP contribution >= 0.6 is 0 Å². The number of Topliss-reactive ketones (excluding diaryl/α,β-unsaturated/α-hetero) is 1. The molecule has 0 bridgehead atoms. The third kappa shape index (κ3) is 4.52. The van der Waals surface area contributed by atoms with Crippen molar-refractivity contribution in [2.75, 3.05) is 13.1 Å². The summed E-state index contributed by atoms with van der Waals surface area (Å²) in [5.41, 5.74) is 4.01. The zero-order chi connectivity index (χ0) is 23.5. The topological polar surface area (TPSA) is 88.9 Å². The van der Waals surface area contributed by atoms with Gasteiger partial charge >= 0.3 is 0 Å². The second-order valence-corrected chi connectivity index (χ2v) is 8.39. The highest BCUT2D eigenvalue weighted by Crippen LogP contribution is 2.32. The first-order chi connectivity index (χ1) is 16.6. The Morgan fingerprint density at radius 3 is 2.47 bits per heavy atom. The van der Waals surface area contributed by atoms with Crippen molar-refractivity contribution in [1.29, 1.82) is 0 Å². The first-order valence-electron chi connectivity index (χ1n) is 11.1. The molecule has 3 aromatic heterocycles. The van der Waals surface area contributed by atoms with Gasteiger partial charge in [0, 0.05) is 60.1 Å². The minimum atomic E-state index is -0.480. The lowest BCUT2D eigenvalue weighted by molar-refractivity contribution is -0.145. The molecule has 1 aliphatic rings. The Bertz CT molecular complexity index is 1340. The average molecular weight is 455 g/mol. The van der Waals surface area contributed by atoms with Crippen molar-refractivity contribution in [3.05, 3.63) is 84.6 Å². The summed E-state index contributed by atoms with van der Waals surface area (Å²) in [5.74, 6) is -1.06. The quantitative estimate of drug-likeness (QED) is 0.426. The number of ketones is 1. The maximum Gasteiger partial charge on any atom is 0.290 e. The molecular weight excluding hydrogens is 433 g/mol. The molecule has 0 atom stereocenters. The van der Waals surface area contributed by atoms with Crippen LogP contribution in [0.4, 0.5) is 4.39 Å². The van der Waals surface area contributed by atoms with Crippen LogP contribution < -0.4 is 0 Å². The highest BCUT2D eigenvalue weighted by atomic mass is 19.1. The summed E-state index contributed by atoms with van der Waals surface area (Å²) in [6.07, 6.45) is 9.59. The van der Waals surface area contributed by atoms with Crippen molar-refractivity contribution in [3.8, 4) is 11.1 Å². The number of halogens is 1. The summed E-state index contributed by atoms with van der Waals surface area (Å²) in [4.78, 5) is 43.6. The van der Waals surface area contributed by atoms with E-state index in [2.05, 4.69) is 19.9 Å². The zero-order valence-corrected chi connectivity index (χ0v) is 18.4. The molecule has 4 aromatic rings. The molecule has 1 aliphatic heterocycles. The fraction of sp³-hybridized carbons (Fsp3) is 0.231. The number of nitrogens with zero attached hydrogens (tertiary/aromatic N) is 5. The molecule has 4 heterocycles. The van der Waals surface area contributed by atoms with E-state index in [1.54, 1.807) is 41.8 Å². The average Bonchev–Trinajstić information content (AvgIpc) is 2.89. The number of rotatable bonds is 5. The predicted molar refractivity (Wildman–Crippen MR) is 124 cm³/mol. The molecule has 0 N–H and O–H groups in total. The van der Waals surface area contributed by atoms with Gasteiger partial charge in [-0.25, -0.2) is 14.4 Å². The SMILES string of the molecule is O=C(Cc1ccc(-c2cncnc2)cn1)C(=O)N1CCC(c2ccnc3ccc(F)cc23)CC1. The van der Waals surface area contributed by atoms with E-state index >= 15 is 0 Å². The number of amides is 1. The van der Waals surface area contributed by atoms with Gasteiger partial charge in [0.05, 0.1) is 11.9 Å². The molecule has 0 aliphatic carbocycles. The normalized spacial score (nSPS) is 14.3. The van der Waals surface area contributed by atoms with E-state index in [1.807, 2.05) is 12.1 Å². The van der Waals surface area contributed by atoms with Crippen LogP contribution in [0.15, 0.2) is 67.5 Å². The molecule has 170 valence electrons. The van der Waals surface area contributed by atoms with Crippen LogP contribution in [0, 0.1) is 5.82 Å². The maximum absolute atomic E-state index is 13.8. The van der Waals surface area contributed by atoms with E-state index in [9.17, 15) is 14.0 Å². The number of carbonyl (C=O) groups excluding carboxylic acids is 2. The number of pyridine rings is 2. The number of aromatic nitrogens is 4. The van der Waals surface area contributed by atoms with E-state index in [0.717, 1.165) is 27.6 Å². The number of likely N-dealkylation sites (tertiary alicyclic amines) is 1. The Labute approximate surface area is 195 Å². The molecule has 0 radical (unpaired) electrons. The minimum Gasteiger partial charge on any atom is -0.336 e. The fourth-order valence-corrected chi connectivity index (χ4v) is 4.45. The summed E-state index contributed by atoms with van der Waals surface area (Å²) in [5, 5.41) is 0.805. The van der Waals surface area contributed by atoms with Gasteiger partial charge in [0.2, 0.25) is 5.78 Å². The smallest absolute Gasteiger partial charge is 0.290 e. The minimum absolute atomic E-state index is 0.0431. The van der Waals surface area contributed by atoms with Crippen LogP contribution in [0.25, 0.3) is 22.0 Å². The summed E-state index contributed by atoms with van der Waals surface area (Å²) >= 11 is 0. The molecule has 8 heteroatoms. The number of benzene rings is 1. The van der Waals surface area contributed by atoms with Gasteiger partial charge in [-0.05, 0) is 54.7 Å². The summed E-state index contributed by atoms with van der Waals surface area (Å²) in [6, 6.07) is 10.1. The Kier molecular flexibility index (Phi) is 6.03. The largest absolute Gasteiger partial charge is 0.336 e. The van der Waals surface area contributed by atoms with E-state index in [0.29, 0.717) is 31.6 Å². The van der Waals surface area contributed by atoms with Gasteiger partial charge in [-0.2, -0.15) is 0 Å². The van der Waals surface area contributed by atoms with E-state index in [4.69, 9.17) is 0 Å². The van der Waals surface area contributed by atoms with E-state index in [1.165, 1.54) is 18.5 Å². The van der Waals surface area contributed by atoms with Crippen molar-refractivity contribution < 1.29 is 14.0 Å². The highest BCUT2D eigenvalue weighted by Gasteiger charge is 2.28. The number of hydrogen-bond donors (Lipinski definition) is 0. The number of piperidine rings is 1. The fourth-order valence-electron chi connectivity index (χ4n) is 4.45. The molecule has 7 nitrogen and oxygen atoms in total. The van der Waals surface area contributed by atoms with Crippen LogP contribution in [-0.4, -0.2) is 49.6 Å². The van der Waals surface area contributed by atoms with Gasteiger partial charge in [-0.15, -0.1) is 0 Å². The van der Waals surface area contributed by atoms with Crippen LogP contribution in [0.5, 0.6) is 0 Å².